The number of nitrogens with zero attached hydrogens (tertiary/aromatic N) is 1. The van der Waals surface area contributed by atoms with Crippen molar-refractivity contribution in [1.82, 2.24) is 0 Å². The lowest BCUT2D eigenvalue weighted by Crippen LogP contribution is -2.16. The summed E-state index contributed by atoms with van der Waals surface area (Å²) in [7, 11) is 0. The van der Waals surface area contributed by atoms with Crippen molar-refractivity contribution in [3.05, 3.63) is 160 Å². The predicted molar refractivity (Wildman–Crippen MR) is 208 cm³/mol. The highest BCUT2D eigenvalue weighted by Crippen LogP contribution is 2.43. The van der Waals surface area contributed by atoms with Gasteiger partial charge in [0.05, 0.1) is 0 Å². The maximum Gasteiger partial charge on any atom is 0.0487 e. The summed E-state index contributed by atoms with van der Waals surface area (Å²) in [4.78, 5) is 2.32. The molecule has 0 N–H and O–H groups in total. The topological polar surface area (TPSA) is 3.24 Å². The van der Waals surface area contributed by atoms with Crippen LogP contribution in [0.1, 0.15) is 52.7 Å². The first-order chi connectivity index (χ1) is 22.3. The Morgan fingerprint density at radius 1 is 0.426 bits per heavy atom. The number of anilines is 3. The smallest absolute Gasteiger partial charge is 0.0487 e. The SMILES string of the molecule is CC(C)(C)c1cc(-c2cccc(N(c3cc(Cl)cc(Br)c3)c3cc(-c4ccccc4)cc(-c4ccccc4)c3)c2)cc(C(C)(C)C)c1. The van der Waals surface area contributed by atoms with Crippen molar-refractivity contribution < 1.29 is 0 Å². The minimum atomic E-state index is 0.0262. The number of benzene rings is 6. The molecule has 6 aromatic carbocycles. The van der Waals surface area contributed by atoms with Crippen LogP contribution in [0.3, 0.4) is 0 Å². The van der Waals surface area contributed by atoms with Crippen molar-refractivity contribution in [1.29, 1.82) is 0 Å². The summed E-state index contributed by atoms with van der Waals surface area (Å²) < 4.78 is 0.927. The average Bonchev–Trinajstić information content (AvgIpc) is 3.04. The Balaban J connectivity index is 1.59. The third-order valence-corrected chi connectivity index (χ3v) is 9.27. The van der Waals surface area contributed by atoms with Gasteiger partial charge in [0.1, 0.15) is 0 Å². The Labute approximate surface area is 294 Å². The zero-order valence-corrected chi connectivity index (χ0v) is 30.3. The summed E-state index contributed by atoms with van der Waals surface area (Å²) in [5.74, 6) is 0. The molecule has 0 saturated heterocycles. The number of rotatable bonds is 6. The first-order valence-electron chi connectivity index (χ1n) is 16.1. The molecule has 0 unspecified atom stereocenters. The number of hydrogen-bond acceptors (Lipinski definition) is 1. The van der Waals surface area contributed by atoms with Gasteiger partial charge in [-0.05, 0) is 104 Å². The fourth-order valence-electron chi connectivity index (χ4n) is 5.94. The van der Waals surface area contributed by atoms with Gasteiger partial charge in [-0.1, -0.05) is 160 Å². The summed E-state index contributed by atoms with van der Waals surface area (Å²) in [5, 5.41) is 0.672. The van der Waals surface area contributed by atoms with E-state index in [0.29, 0.717) is 5.02 Å². The maximum absolute atomic E-state index is 6.71. The molecular weight excluding hydrogens is 658 g/mol. The Kier molecular flexibility index (Phi) is 9.20. The normalized spacial score (nSPS) is 11.8. The fourth-order valence-corrected chi connectivity index (χ4v) is 6.78. The molecule has 0 amide bonds. The number of hydrogen-bond donors (Lipinski definition) is 0. The largest absolute Gasteiger partial charge is 0.310 e. The van der Waals surface area contributed by atoms with Crippen LogP contribution in [0.25, 0.3) is 33.4 Å². The van der Waals surface area contributed by atoms with Crippen LogP contribution in [0.4, 0.5) is 17.1 Å². The Morgan fingerprint density at radius 2 is 0.894 bits per heavy atom. The van der Waals surface area contributed by atoms with Gasteiger partial charge < -0.3 is 4.90 Å². The van der Waals surface area contributed by atoms with Gasteiger partial charge >= 0.3 is 0 Å². The lowest BCUT2D eigenvalue weighted by Gasteiger charge is -2.28. The molecule has 0 saturated carbocycles. The zero-order valence-electron chi connectivity index (χ0n) is 28.0. The van der Waals surface area contributed by atoms with Crippen molar-refractivity contribution in [2.24, 2.45) is 0 Å². The van der Waals surface area contributed by atoms with E-state index in [0.717, 1.165) is 32.7 Å². The van der Waals surface area contributed by atoms with E-state index >= 15 is 0 Å². The highest BCUT2D eigenvalue weighted by atomic mass is 79.9. The molecule has 6 rings (SSSR count). The van der Waals surface area contributed by atoms with Gasteiger partial charge in [0.25, 0.3) is 0 Å². The van der Waals surface area contributed by atoms with Crippen molar-refractivity contribution >= 4 is 44.6 Å². The average molecular weight is 699 g/mol. The summed E-state index contributed by atoms with van der Waals surface area (Å²) in [6.45, 7) is 13.7. The highest BCUT2D eigenvalue weighted by molar-refractivity contribution is 9.10. The molecule has 6 aromatic rings. The summed E-state index contributed by atoms with van der Waals surface area (Å²) in [5.41, 5.74) is 12.8. The predicted octanol–water partition coefficient (Wildman–Crippen LogP) is 14.2. The van der Waals surface area contributed by atoms with Crippen LogP contribution < -0.4 is 4.90 Å². The van der Waals surface area contributed by atoms with Crippen molar-refractivity contribution in [3.63, 3.8) is 0 Å². The van der Waals surface area contributed by atoms with E-state index in [9.17, 15) is 0 Å². The van der Waals surface area contributed by atoms with Crippen LogP contribution >= 0.6 is 27.5 Å². The van der Waals surface area contributed by atoms with Gasteiger partial charge in [-0.15, -0.1) is 0 Å². The standard InChI is InChI=1S/C44H41BrClN/c1-43(2,3)36-21-35(22-37(26-36)44(4,5)6)32-18-13-19-40(23-32)47(42-28-38(45)27-39(46)29-42)41-24-33(30-14-9-7-10-15-30)20-34(25-41)31-16-11-8-12-17-31/h7-29H,1-6H3. The molecular formula is C44H41BrClN. The summed E-state index contributed by atoms with van der Waals surface area (Å²) in [6, 6.07) is 50.1. The lowest BCUT2D eigenvalue weighted by molar-refractivity contribution is 0.569. The van der Waals surface area contributed by atoms with E-state index < -0.39 is 0 Å². The van der Waals surface area contributed by atoms with Crippen LogP contribution in [0.15, 0.2) is 144 Å². The van der Waals surface area contributed by atoms with Crippen LogP contribution in [-0.4, -0.2) is 0 Å². The van der Waals surface area contributed by atoms with Crippen molar-refractivity contribution in [2.45, 2.75) is 52.4 Å². The van der Waals surface area contributed by atoms with E-state index in [1.165, 1.54) is 33.4 Å². The quantitative estimate of drug-likeness (QED) is 0.167. The maximum atomic E-state index is 6.71. The van der Waals surface area contributed by atoms with E-state index in [4.69, 9.17) is 11.6 Å². The molecule has 47 heavy (non-hydrogen) atoms. The summed E-state index contributed by atoms with van der Waals surface area (Å²) >= 11 is 10.4. The molecule has 0 aliphatic heterocycles. The minimum Gasteiger partial charge on any atom is -0.310 e. The molecule has 0 spiro atoms. The molecule has 0 aliphatic rings. The van der Waals surface area contributed by atoms with Gasteiger partial charge in [0.2, 0.25) is 0 Å². The van der Waals surface area contributed by atoms with E-state index in [1.807, 2.05) is 12.1 Å². The summed E-state index contributed by atoms with van der Waals surface area (Å²) in [6.07, 6.45) is 0. The van der Waals surface area contributed by atoms with Crippen LogP contribution in [-0.2, 0) is 10.8 Å². The van der Waals surface area contributed by atoms with Crippen molar-refractivity contribution in [2.75, 3.05) is 4.90 Å². The van der Waals surface area contributed by atoms with Crippen molar-refractivity contribution in [3.8, 4) is 33.4 Å². The molecule has 0 aliphatic carbocycles. The third-order valence-electron chi connectivity index (χ3n) is 8.60. The molecule has 0 aromatic heterocycles. The molecule has 3 heteroatoms. The van der Waals surface area contributed by atoms with E-state index in [1.54, 1.807) is 0 Å². The van der Waals surface area contributed by atoms with Crippen LogP contribution in [0.5, 0.6) is 0 Å². The Bertz CT molecular complexity index is 1910. The van der Waals surface area contributed by atoms with Gasteiger partial charge in [0, 0.05) is 26.6 Å². The second-order valence-electron chi connectivity index (χ2n) is 14.3. The molecule has 236 valence electrons. The molecule has 0 fully saturated rings. The first-order valence-corrected chi connectivity index (χ1v) is 17.3. The van der Waals surface area contributed by atoms with Crippen LogP contribution in [0.2, 0.25) is 5.02 Å². The molecule has 1 nitrogen and oxygen atoms in total. The molecule has 0 heterocycles. The zero-order chi connectivity index (χ0) is 33.3. The third kappa shape index (κ3) is 7.56. The van der Waals surface area contributed by atoms with Gasteiger partial charge in [0.15, 0.2) is 0 Å². The second-order valence-corrected chi connectivity index (χ2v) is 15.7. The second kappa shape index (κ2) is 13.2. The monoisotopic (exact) mass is 697 g/mol. The highest BCUT2D eigenvalue weighted by Gasteiger charge is 2.22. The first kappa shape index (κ1) is 32.8. The van der Waals surface area contributed by atoms with E-state index in [-0.39, 0.29) is 10.8 Å². The van der Waals surface area contributed by atoms with Crippen LogP contribution in [0, 0.1) is 0 Å². The number of halogens is 2. The van der Waals surface area contributed by atoms with Gasteiger partial charge in [-0.25, -0.2) is 0 Å². The van der Waals surface area contributed by atoms with Gasteiger partial charge in [-0.3, -0.25) is 0 Å². The molecule has 0 radical (unpaired) electrons. The Morgan fingerprint density at radius 3 is 1.40 bits per heavy atom. The minimum absolute atomic E-state index is 0.0262. The van der Waals surface area contributed by atoms with Gasteiger partial charge in [-0.2, -0.15) is 0 Å². The fraction of sp³-hybridized carbons (Fsp3) is 0.182. The Hall–Kier alpha value is -4.11. The molecule has 0 atom stereocenters. The lowest BCUT2D eigenvalue weighted by atomic mass is 9.79. The molecule has 0 bridgehead atoms. The van der Waals surface area contributed by atoms with E-state index in [2.05, 4.69) is 190 Å².